The number of anilines is 2. The Kier molecular flexibility index (Phi) is 3.38. The first-order valence-corrected chi connectivity index (χ1v) is 8.12. The van der Waals surface area contributed by atoms with Crippen LogP contribution in [0.4, 0.5) is 15.8 Å². The number of rotatable bonds is 1. The molecule has 0 spiro atoms. The van der Waals surface area contributed by atoms with Crippen LogP contribution < -0.4 is 10.2 Å². The lowest BCUT2D eigenvalue weighted by atomic mass is 9.96. The van der Waals surface area contributed by atoms with E-state index in [0.717, 1.165) is 44.5 Å². The molecule has 3 heteroatoms. The molecule has 0 bridgehead atoms. The lowest BCUT2D eigenvalue weighted by Crippen LogP contribution is -2.19. The normalized spacial score (nSPS) is 17.1. The molecular weight excluding hydrogens is 275 g/mol. The van der Waals surface area contributed by atoms with Crippen LogP contribution in [0.5, 0.6) is 0 Å². The van der Waals surface area contributed by atoms with Crippen LogP contribution in [0.2, 0.25) is 0 Å². The van der Waals surface area contributed by atoms with E-state index in [-0.39, 0.29) is 5.82 Å². The predicted octanol–water partition coefficient (Wildman–Crippen LogP) is 3.52. The molecule has 0 fully saturated rings. The molecule has 0 amide bonds. The molecule has 4 rings (SSSR count). The van der Waals surface area contributed by atoms with Gasteiger partial charge in [0, 0.05) is 17.9 Å². The van der Waals surface area contributed by atoms with Gasteiger partial charge in [0.25, 0.3) is 0 Å². The zero-order chi connectivity index (χ0) is 15.1. The van der Waals surface area contributed by atoms with Gasteiger partial charge in [0.15, 0.2) is 0 Å². The van der Waals surface area contributed by atoms with Crippen molar-refractivity contribution in [2.45, 2.75) is 26.2 Å². The lowest BCUT2D eigenvalue weighted by molar-refractivity contribution is 0.626. The minimum absolute atomic E-state index is 0.131. The fourth-order valence-corrected chi connectivity index (χ4v) is 3.85. The molecule has 0 radical (unpaired) electrons. The van der Waals surface area contributed by atoms with Gasteiger partial charge in [0.1, 0.15) is 5.82 Å². The summed E-state index contributed by atoms with van der Waals surface area (Å²) in [6.07, 6.45) is 3.08. The molecule has 2 aromatic rings. The highest BCUT2D eigenvalue weighted by molar-refractivity contribution is 5.75. The predicted molar refractivity (Wildman–Crippen MR) is 88.6 cm³/mol. The molecular formula is C19H21FN2. The molecule has 114 valence electrons. The molecule has 1 N–H and O–H groups in total. The fraction of sp³-hybridized carbons (Fsp3) is 0.368. The molecule has 0 saturated carbocycles. The van der Waals surface area contributed by atoms with Gasteiger partial charge in [-0.1, -0.05) is 12.1 Å². The van der Waals surface area contributed by atoms with Crippen LogP contribution in [-0.4, -0.2) is 19.6 Å². The monoisotopic (exact) mass is 296 g/mol. The minimum Gasteiger partial charge on any atom is -0.340 e. The second kappa shape index (κ2) is 5.40. The smallest absolute Gasteiger partial charge is 0.123 e. The Morgan fingerprint density at radius 3 is 2.77 bits per heavy atom. The molecule has 2 aliphatic heterocycles. The summed E-state index contributed by atoms with van der Waals surface area (Å²) in [4.78, 5) is 2.40. The Morgan fingerprint density at radius 2 is 1.86 bits per heavy atom. The summed E-state index contributed by atoms with van der Waals surface area (Å²) < 4.78 is 13.5. The Morgan fingerprint density at radius 1 is 1.00 bits per heavy atom. The maximum atomic E-state index is 13.5. The van der Waals surface area contributed by atoms with Gasteiger partial charge in [-0.2, -0.15) is 0 Å². The number of halogens is 1. The second-order valence-corrected chi connectivity index (χ2v) is 6.29. The van der Waals surface area contributed by atoms with Crippen molar-refractivity contribution in [1.82, 2.24) is 5.32 Å². The van der Waals surface area contributed by atoms with Gasteiger partial charge in [0.2, 0.25) is 0 Å². The molecule has 0 atom stereocenters. The van der Waals surface area contributed by atoms with E-state index >= 15 is 0 Å². The number of hydrogen-bond donors (Lipinski definition) is 1. The zero-order valence-corrected chi connectivity index (χ0v) is 13.0. The van der Waals surface area contributed by atoms with Crippen molar-refractivity contribution in [3.63, 3.8) is 0 Å². The maximum Gasteiger partial charge on any atom is 0.123 e. The molecule has 0 unspecified atom stereocenters. The first kappa shape index (κ1) is 13.8. The summed E-state index contributed by atoms with van der Waals surface area (Å²) in [6.45, 7) is 5.23. The summed E-state index contributed by atoms with van der Waals surface area (Å²) in [5, 5.41) is 3.49. The lowest BCUT2D eigenvalue weighted by Gasteiger charge is -2.26. The molecule has 0 aliphatic carbocycles. The van der Waals surface area contributed by atoms with E-state index in [1.807, 2.05) is 6.07 Å². The topological polar surface area (TPSA) is 15.3 Å². The number of fused-ring (bicyclic) bond motifs is 2. The van der Waals surface area contributed by atoms with Crippen LogP contribution in [0.25, 0.3) is 0 Å². The van der Waals surface area contributed by atoms with E-state index in [4.69, 9.17) is 0 Å². The first-order chi connectivity index (χ1) is 10.7. The van der Waals surface area contributed by atoms with Crippen molar-refractivity contribution < 1.29 is 4.39 Å². The molecule has 2 nitrogen and oxygen atoms in total. The van der Waals surface area contributed by atoms with E-state index in [1.165, 1.54) is 28.1 Å². The molecule has 0 aromatic heterocycles. The zero-order valence-electron chi connectivity index (χ0n) is 13.0. The quantitative estimate of drug-likeness (QED) is 0.866. The average Bonchev–Trinajstić information content (AvgIpc) is 2.76. The third kappa shape index (κ3) is 2.20. The van der Waals surface area contributed by atoms with Gasteiger partial charge in [-0.15, -0.1) is 0 Å². The number of aryl methyl sites for hydroxylation is 1. The van der Waals surface area contributed by atoms with E-state index in [0.29, 0.717) is 0 Å². The summed E-state index contributed by atoms with van der Waals surface area (Å²) in [6, 6.07) is 9.72. The van der Waals surface area contributed by atoms with E-state index in [1.54, 1.807) is 12.1 Å². The first-order valence-electron chi connectivity index (χ1n) is 8.12. The van der Waals surface area contributed by atoms with E-state index in [2.05, 4.69) is 29.3 Å². The van der Waals surface area contributed by atoms with Crippen LogP contribution in [-0.2, 0) is 19.3 Å². The maximum absolute atomic E-state index is 13.5. The number of nitrogens with zero attached hydrogens (tertiary/aromatic N) is 1. The Bertz CT molecular complexity index is 724. The van der Waals surface area contributed by atoms with E-state index in [9.17, 15) is 4.39 Å². The largest absolute Gasteiger partial charge is 0.340 e. The van der Waals surface area contributed by atoms with Gasteiger partial charge >= 0.3 is 0 Å². The van der Waals surface area contributed by atoms with Crippen LogP contribution in [0.3, 0.4) is 0 Å². The summed E-state index contributed by atoms with van der Waals surface area (Å²) in [7, 11) is 0. The van der Waals surface area contributed by atoms with Crippen molar-refractivity contribution in [1.29, 1.82) is 0 Å². The van der Waals surface area contributed by atoms with Gasteiger partial charge in [-0.25, -0.2) is 4.39 Å². The molecule has 22 heavy (non-hydrogen) atoms. The number of hydrogen-bond acceptors (Lipinski definition) is 2. The van der Waals surface area contributed by atoms with E-state index < -0.39 is 0 Å². The Balaban J connectivity index is 1.84. The van der Waals surface area contributed by atoms with Crippen molar-refractivity contribution in [3.05, 3.63) is 58.4 Å². The summed E-state index contributed by atoms with van der Waals surface area (Å²) in [5.41, 5.74) is 7.91. The second-order valence-electron chi connectivity index (χ2n) is 6.29. The Hall–Kier alpha value is -1.87. The number of benzene rings is 2. The van der Waals surface area contributed by atoms with Gasteiger partial charge in [0.05, 0.1) is 0 Å². The number of nitrogens with one attached hydrogen (secondary N) is 1. The van der Waals surface area contributed by atoms with Crippen LogP contribution >= 0.6 is 0 Å². The van der Waals surface area contributed by atoms with Crippen molar-refractivity contribution in [3.8, 4) is 0 Å². The van der Waals surface area contributed by atoms with Crippen molar-refractivity contribution in [2.24, 2.45) is 0 Å². The SMILES string of the molecule is Cc1ccc2c(c1N1CCc3cc(F)ccc31)CCNCC2. The fourth-order valence-electron chi connectivity index (χ4n) is 3.85. The molecule has 2 aliphatic rings. The molecule has 0 saturated heterocycles. The van der Waals surface area contributed by atoms with Crippen LogP contribution in [0, 0.1) is 12.7 Å². The van der Waals surface area contributed by atoms with Crippen molar-refractivity contribution >= 4 is 11.4 Å². The highest BCUT2D eigenvalue weighted by Gasteiger charge is 2.25. The Labute approximate surface area is 131 Å². The summed E-state index contributed by atoms with van der Waals surface area (Å²) >= 11 is 0. The standard InChI is InChI=1S/C19H21FN2/c1-13-2-3-14-6-9-21-10-7-17(14)19(13)22-11-8-15-12-16(20)4-5-18(15)22/h2-5,12,21H,6-11H2,1H3. The minimum atomic E-state index is -0.131. The highest BCUT2D eigenvalue weighted by atomic mass is 19.1. The third-order valence-corrected chi connectivity index (χ3v) is 4.91. The summed E-state index contributed by atoms with van der Waals surface area (Å²) in [5.74, 6) is -0.131. The van der Waals surface area contributed by atoms with Crippen molar-refractivity contribution in [2.75, 3.05) is 24.5 Å². The van der Waals surface area contributed by atoms with Gasteiger partial charge in [-0.05, 0) is 79.7 Å². The average molecular weight is 296 g/mol. The van der Waals surface area contributed by atoms with Gasteiger partial charge < -0.3 is 10.2 Å². The molecule has 2 heterocycles. The highest BCUT2D eigenvalue weighted by Crippen LogP contribution is 2.40. The van der Waals surface area contributed by atoms with Crippen LogP contribution in [0.1, 0.15) is 22.3 Å². The third-order valence-electron chi connectivity index (χ3n) is 4.91. The van der Waals surface area contributed by atoms with Crippen LogP contribution in [0.15, 0.2) is 30.3 Å². The van der Waals surface area contributed by atoms with Gasteiger partial charge in [-0.3, -0.25) is 0 Å². The molecule has 2 aromatic carbocycles.